The number of thioether (sulfide) groups is 1. The Morgan fingerprint density at radius 3 is 3.00 bits per heavy atom. The van der Waals surface area contributed by atoms with Crippen molar-refractivity contribution in [3.05, 3.63) is 21.7 Å². The maximum Gasteiger partial charge on any atom is 0.283 e. The van der Waals surface area contributed by atoms with Gasteiger partial charge < -0.3 is 10.3 Å². The number of nitrogens with two attached hydrogens (primary N) is 1. The Labute approximate surface area is 83.4 Å². The number of hydrogen-bond acceptors (Lipinski definition) is 4. The fourth-order valence-corrected chi connectivity index (χ4v) is 1.58. The lowest BCUT2D eigenvalue weighted by Crippen LogP contribution is -2.21. The summed E-state index contributed by atoms with van der Waals surface area (Å²) in [6.07, 6.45) is 1.40. The Hall–Kier alpha value is -1.01. The summed E-state index contributed by atoms with van der Waals surface area (Å²) in [6, 6.07) is 0. The third-order valence-electron chi connectivity index (χ3n) is 1.22. The van der Waals surface area contributed by atoms with Crippen molar-refractivity contribution in [1.82, 2.24) is 9.55 Å². The number of nitrogens with zero attached hydrogens (tertiary/aromatic N) is 2. The third kappa shape index (κ3) is 2.46. The van der Waals surface area contributed by atoms with Crippen LogP contribution in [-0.2, 0) is 7.05 Å². The highest BCUT2D eigenvalue weighted by Gasteiger charge is 2.07. The van der Waals surface area contributed by atoms with Gasteiger partial charge in [-0.25, -0.2) is 4.98 Å². The second-order valence-corrected chi connectivity index (χ2v) is 3.67. The predicted octanol–water partition coefficient (Wildman–Crippen LogP) is 0.419. The van der Waals surface area contributed by atoms with Gasteiger partial charge in [0.05, 0.1) is 0 Å². The highest BCUT2D eigenvalue weighted by molar-refractivity contribution is 8.13. The SMILES string of the molecule is Cn1cc(Cl)nc(SC(=N)N)c1=O. The van der Waals surface area contributed by atoms with Crippen LogP contribution in [0.25, 0.3) is 0 Å². The number of hydrogen-bond donors (Lipinski definition) is 2. The van der Waals surface area contributed by atoms with Crippen LogP contribution in [0.15, 0.2) is 16.0 Å². The number of aryl methyl sites for hydroxylation is 1. The van der Waals surface area contributed by atoms with Crippen molar-refractivity contribution in [2.24, 2.45) is 12.8 Å². The Morgan fingerprint density at radius 1 is 1.85 bits per heavy atom. The molecule has 0 aliphatic rings. The van der Waals surface area contributed by atoms with Gasteiger partial charge in [-0.15, -0.1) is 0 Å². The lowest BCUT2D eigenvalue weighted by Gasteiger charge is -2.01. The predicted molar refractivity (Wildman–Crippen MR) is 52.3 cm³/mol. The molecule has 0 aliphatic heterocycles. The Balaban J connectivity index is 3.21. The van der Waals surface area contributed by atoms with Crippen LogP contribution in [0.2, 0.25) is 5.15 Å². The molecule has 1 heterocycles. The molecule has 13 heavy (non-hydrogen) atoms. The summed E-state index contributed by atoms with van der Waals surface area (Å²) in [5.41, 5.74) is 4.79. The molecular weight excluding hydrogens is 212 g/mol. The maximum absolute atomic E-state index is 11.3. The molecule has 1 aromatic rings. The minimum atomic E-state index is -0.315. The van der Waals surface area contributed by atoms with Gasteiger partial charge in [0.25, 0.3) is 5.56 Å². The van der Waals surface area contributed by atoms with E-state index in [1.54, 1.807) is 7.05 Å². The molecule has 0 aliphatic carbocycles. The zero-order valence-corrected chi connectivity index (χ0v) is 8.32. The molecule has 1 aromatic heterocycles. The van der Waals surface area contributed by atoms with Crippen molar-refractivity contribution >= 4 is 28.5 Å². The summed E-state index contributed by atoms with van der Waals surface area (Å²) < 4.78 is 1.29. The van der Waals surface area contributed by atoms with Crippen LogP contribution in [0.3, 0.4) is 0 Å². The molecule has 70 valence electrons. The van der Waals surface area contributed by atoms with E-state index >= 15 is 0 Å². The standard InChI is InChI=1S/C6H7ClN4OS/c1-11-2-3(7)10-4(5(11)12)13-6(8)9/h2H,1H3,(H3,8,9). The number of nitrogens with one attached hydrogen (secondary N) is 1. The van der Waals surface area contributed by atoms with Crippen LogP contribution in [0.5, 0.6) is 0 Å². The second kappa shape index (κ2) is 3.80. The zero-order valence-electron chi connectivity index (χ0n) is 6.74. The van der Waals surface area contributed by atoms with Crippen molar-refractivity contribution in [1.29, 1.82) is 5.41 Å². The summed E-state index contributed by atoms with van der Waals surface area (Å²) in [4.78, 5) is 15.1. The monoisotopic (exact) mass is 218 g/mol. The molecule has 0 amide bonds. The first kappa shape index (κ1) is 10.1. The Kier molecular flexibility index (Phi) is 2.94. The van der Waals surface area contributed by atoms with Gasteiger partial charge in [-0.2, -0.15) is 0 Å². The maximum atomic E-state index is 11.3. The Bertz CT molecular complexity index is 402. The minimum Gasteiger partial charge on any atom is -0.378 e. The highest BCUT2D eigenvalue weighted by atomic mass is 35.5. The minimum absolute atomic E-state index is 0.113. The van der Waals surface area contributed by atoms with Crippen LogP contribution in [0.1, 0.15) is 0 Å². The number of aromatic nitrogens is 2. The van der Waals surface area contributed by atoms with E-state index in [4.69, 9.17) is 22.7 Å². The molecule has 0 bridgehead atoms. The van der Waals surface area contributed by atoms with E-state index in [1.165, 1.54) is 10.8 Å². The summed E-state index contributed by atoms with van der Waals surface area (Å²) >= 11 is 6.40. The number of amidine groups is 1. The molecule has 0 fully saturated rings. The van der Waals surface area contributed by atoms with Crippen molar-refractivity contribution in [3.63, 3.8) is 0 Å². The molecule has 0 atom stereocenters. The van der Waals surface area contributed by atoms with Gasteiger partial charge in [0.15, 0.2) is 10.2 Å². The summed E-state index contributed by atoms with van der Waals surface area (Å²) in [5, 5.41) is 7.10. The van der Waals surface area contributed by atoms with E-state index in [-0.39, 0.29) is 20.9 Å². The van der Waals surface area contributed by atoms with E-state index in [9.17, 15) is 4.79 Å². The van der Waals surface area contributed by atoms with E-state index < -0.39 is 0 Å². The molecule has 0 saturated heterocycles. The molecule has 0 saturated carbocycles. The van der Waals surface area contributed by atoms with Gasteiger partial charge in [-0.1, -0.05) is 11.6 Å². The van der Waals surface area contributed by atoms with Crippen molar-refractivity contribution in [2.75, 3.05) is 0 Å². The van der Waals surface area contributed by atoms with Crippen LogP contribution in [0, 0.1) is 5.41 Å². The lowest BCUT2D eigenvalue weighted by atomic mass is 10.7. The Morgan fingerprint density at radius 2 is 2.46 bits per heavy atom. The van der Waals surface area contributed by atoms with Crippen molar-refractivity contribution in [3.8, 4) is 0 Å². The molecule has 0 aromatic carbocycles. The average molecular weight is 219 g/mol. The lowest BCUT2D eigenvalue weighted by molar-refractivity contribution is 0.796. The molecule has 1 rings (SSSR count). The number of rotatable bonds is 1. The zero-order chi connectivity index (χ0) is 10.0. The third-order valence-corrected chi connectivity index (χ3v) is 2.08. The molecule has 0 radical (unpaired) electrons. The molecule has 5 nitrogen and oxygen atoms in total. The number of halogens is 1. The van der Waals surface area contributed by atoms with E-state index in [2.05, 4.69) is 4.98 Å². The van der Waals surface area contributed by atoms with Gasteiger partial charge in [-0.05, 0) is 11.8 Å². The fraction of sp³-hybridized carbons (Fsp3) is 0.167. The van der Waals surface area contributed by atoms with Crippen LogP contribution < -0.4 is 11.3 Å². The largest absolute Gasteiger partial charge is 0.378 e. The van der Waals surface area contributed by atoms with E-state index in [0.717, 1.165) is 11.8 Å². The van der Waals surface area contributed by atoms with Gasteiger partial charge in [0, 0.05) is 13.2 Å². The first-order valence-electron chi connectivity index (χ1n) is 3.25. The van der Waals surface area contributed by atoms with E-state index in [1.807, 2.05) is 0 Å². The van der Waals surface area contributed by atoms with Gasteiger partial charge in [-0.3, -0.25) is 10.2 Å². The fourth-order valence-electron chi connectivity index (χ4n) is 0.714. The average Bonchev–Trinajstić information content (AvgIpc) is 1.98. The smallest absolute Gasteiger partial charge is 0.283 e. The summed E-state index contributed by atoms with van der Waals surface area (Å²) in [6.45, 7) is 0. The highest BCUT2D eigenvalue weighted by Crippen LogP contribution is 2.11. The van der Waals surface area contributed by atoms with Crippen LogP contribution >= 0.6 is 23.4 Å². The molecular formula is C6H7ClN4OS. The van der Waals surface area contributed by atoms with Gasteiger partial charge in [0.1, 0.15) is 5.15 Å². The topological polar surface area (TPSA) is 84.8 Å². The first-order chi connectivity index (χ1) is 6.00. The summed E-state index contributed by atoms with van der Waals surface area (Å²) in [7, 11) is 1.56. The van der Waals surface area contributed by atoms with Gasteiger partial charge >= 0.3 is 0 Å². The molecule has 0 spiro atoms. The van der Waals surface area contributed by atoms with Crippen LogP contribution in [0.4, 0.5) is 0 Å². The second-order valence-electron chi connectivity index (χ2n) is 2.25. The molecule has 7 heteroatoms. The molecule has 3 N–H and O–H groups in total. The summed E-state index contributed by atoms with van der Waals surface area (Å²) in [5.74, 6) is 0. The van der Waals surface area contributed by atoms with Crippen molar-refractivity contribution in [2.45, 2.75) is 5.03 Å². The molecule has 0 unspecified atom stereocenters. The van der Waals surface area contributed by atoms with Crippen LogP contribution in [-0.4, -0.2) is 14.7 Å². The van der Waals surface area contributed by atoms with Crippen molar-refractivity contribution < 1.29 is 0 Å². The normalized spacial score (nSPS) is 10.0. The quantitative estimate of drug-likeness (QED) is 0.407. The first-order valence-corrected chi connectivity index (χ1v) is 4.45. The van der Waals surface area contributed by atoms with Gasteiger partial charge in [0.2, 0.25) is 0 Å². The van der Waals surface area contributed by atoms with E-state index in [0.29, 0.717) is 0 Å².